The predicted molar refractivity (Wildman–Crippen MR) is 116 cm³/mol. The number of piperidine rings is 1. The van der Waals surface area contributed by atoms with Crippen LogP contribution < -0.4 is 5.32 Å². The molecule has 2 heterocycles. The van der Waals surface area contributed by atoms with Crippen LogP contribution in [0.25, 0.3) is 11.0 Å². The van der Waals surface area contributed by atoms with Crippen LogP contribution >= 0.6 is 0 Å². The number of ether oxygens (including phenoxy) is 1. The molecule has 9 nitrogen and oxygen atoms in total. The third kappa shape index (κ3) is 5.24. The lowest BCUT2D eigenvalue weighted by Crippen LogP contribution is -2.39. The number of amides is 1. The van der Waals surface area contributed by atoms with E-state index in [1.54, 1.807) is 32.0 Å². The number of esters is 1. The van der Waals surface area contributed by atoms with Gasteiger partial charge in [0.15, 0.2) is 0 Å². The van der Waals surface area contributed by atoms with Gasteiger partial charge in [-0.1, -0.05) is 6.42 Å². The molecule has 1 saturated heterocycles. The van der Waals surface area contributed by atoms with Gasteiger partial charge in [-0.25, -0.2) is 18.2 Å². The first-order valence-corrected chi connectivity index (χ1v) is 12.1. The molecule has 0 bridgehead atoms. The van der Waals surface area contributed by atoms with Crippen LogP contribution in [0.4, 0.5) is 0 Å². The highest BCUT2D eigenvalue weighted by Crippen LogP contribution is 2.24. The van der Waals surface area contributed by atoms with Crippen molar-refractivity contribution in [2.24, 2.45) is 7.05 Å². The molecule has 3 rings (SSSR count). The van der Waals surface area contributed by atoms with Crippen molar-refractivity contribution in [3.63, 3.8) is 0 Å². The summed E-state index contributed by atoms with van der Waals surface area (Å²) in [6.07, 6.45) is 3.33. The number of rotatable bonds is 8. The van der Waals surface area contributed by atoms with Crippen molar-refractivity contribution >= 4 is 32.9 Å². The van der Waals surface area contributed by atoms with E-state index >= 15 is 0 Å². The maximum Gasteiger partial charge on any atom is 0.328 e. The van der Waals surface area contributed by atoms with Crippen LogP contribution in [0, 0.1) is 0 Å². The maximum absolute atomic E-state index is 12.9. The summed E-state index contributed by atoms with van der Waals surface area (Å²) in [5, 5.41) is 2.62. The molecule has 170 valence electrons. The monoisotopic (exact) mass is 450 g/mol. The Morgan fingerprint density at radius 1 is 1.23 bits per heavy atom. The van der Waals surface area contributed by atoms with E-state index in [1.165, 1.54) is 4.31 Å². The van der Waals surface area contributed by atoms with E-state index in [-0.39, 0.29) is 23.8 Å². The summed E-state index contributed by atoms with van der Waals surface area (Å²) in [6.45, 7) is 4.64. The lowest BCUT2D eigenvalue weighted by molar-refractivity contribution is -0.146. The number of imidazole rings is 1. The van der Waals surface area contributed by atoms with E-state index in [9.17, 15) is 18.0 Å². The normalized spacial score (nSPS) is 16.2. The topological polar surface area (TPSA) is 111 Å². The predicted octanol–water partition coefficient (Wildman–Crippen LogP) is 1.75. The smallest absolute Gasteiger partial charge is 0.328 e. The number of fused-ring (bicyclic) bond motifs is 1. The second-order valence-electron chi connectivity index (χ2n) is 7.74. The Kier molecular flexibility index (Phi) is 7.32. The van der Waals surface area contributed by atoms with Crippen molar-refractivity contribution in [1.29, 1.82) is 0 Å². The third-order valence-electron chi connectivity index (χ3n) is 5.49. The Labute approximate surface area is 182 Å². The molecule has 0 radical (unpaired) electrons. The van der Waals surface area contributed by atoms with Crippen LogP contribution in [0.5, 0.6) is 0 Å². The first-order valence-electron chi connectivity index (χ1n) is 10.7. The Bertz CT molecular complexity index is 1060. The molecule has 1 amide bonds. The zero-order chi connectivity index (χ0) is 22.6. The van der Waals surface area contributed by atoms with Gasteiger partial charge in [0.25, 0.3) is 0 Å². The number of nitrogens with one attached hydrogen (secondary N) is 1. The molecule has 1 aliphatic rings. The molecule has 1 unspecified atom stereocenters. The molecular weight excluding hydrogens is 420 g/mol. The fourth-order valence-corrected chi connectivity index (χ4v) is 5.27. The Morgan fingerprint density at radius 2 is 1.94 bits per heavy atom. The zero-order valence-corrected chi connectivity index (χ0v) is 19.1. The summed E-state index contributed by atoms with van der Waals surface area (Å²) in [4.78, 5) is 28.6. The molecule has 2 aromatic rings. The minimum absolute atomic E-state index is 0.153. The lowest BCUT2D eigenvalue weighted by Gasteiger charge is -2.25. The van der Waals surface area contributed by atoms with E-state index in [0.29, 0.717) is 30.9 Å². The van der Waals surface area contributed by atoms with E-state index in [4.69, 9.17) is 4.74 Å². The molecule has 1 aromatic carbocycles. The number of benzene rings is 1. The number of nitrogens with zero attached hydrogens (tertiary/aromatic N) is 3. The molecule has 1 fully saturated rings. The zero-order valence-electron chi connectivity index (χ0n) is 18.3. The van der Waals surface area contributed by atoms with Crippen LogP contribution in [0.1, 0.15) is 45.4 Å². The summed E-state index contributed by atoms with van der Waals surface area (Å²) in [6, 6.07) is 4.26. The van der Waals surface area contributed by atoms with Gasteiger partial charge in [0.05, 0.1) is 22.5 Å². The number of carbonyl (C=O) groups is 2. The van der Waals surface area contributed by atoms with Gasteiger partial charge < -0.3 is 14.6 Å². The summed E-state index contributed by atoms with van der Waals surface area (Å²) >= 11 is 0. The third-order valence-corrected chi connectivity index (χ3v) is 7.39. The fourth-order valence-electron chi connectivity index (χ4n) is 3.73. The number of hydrogen-bond donors (Lipinski definition) is 1. The molecule has 1 N–H and O–H groups in total. The van der Waals surface area contributed by atoms with Crippen molar-refractivity contribution in [2.45, 2.75) is 56.9 Å². The van der Waals surface area contributed by atoms with E-state index < -0.39 is 22.0 Å². The first-order chi connectivity index (χ1) is 14.7. The Morgan fingerprint density at radius 3 is 2.61 bits per heavy atom. The van der Waals surface area contributed by atoms with Crippen molar-refractivity contribution in [1.82, 2.24) is 19.2 Å². The van der Waals surface area contributed by atoms with Gasteiger partial charge in [0.1, 0.15) is 11.9 Å². The van der Waals surface area contributed by atoms with Gasteiger partial charge in [0.2, 0.25) is 15.9 Å². The van der Waals surface area contributed by atoms with Crippen molar-refractivity contribution < 1.29 is 22.7 Å². The standard InChI is InChI=1S/C21H30N4O5S/c1-4-30-21(27)15(2)22-20(26)11-10-19-23-17-14-16(8-9-18(17)24(19)3)31(28,29)25-12-6-5-7-13-25/h8-9,14-15H,4-7,10-13H2,1-3H3,(H,22,26). The SMILES string of the molecule is CCOC(=O)C(C)NC(=O)CCc1nc2cc(S(=O)(=O)N3CCCCC3)ccc2n1C. The lowest BCUT2D eigenvalue weighted by atomic mass is 10.2. The summed E-state index contributed by atoms with van der Waals surface area (Å²) in [7, 11) is -1.70. The second kappa shape index (κ2) is 9.78. The minimum atomic E-state index is -3.53. The van der Waals surface area contributed by atoms with Crippen molar-refractivity contribution in [3.05, 3.63) is 24.0 Å². The minimum Gasteiger partial charge on any atom is -0.464 e. The van der Waals surface area contributed by atoms with Crippen LogP contribution in [0.15, 0.2) is 23.1 Å². The van der Waals surface area contributed by atoms with Gasteiger partial charge >= 0.3 is 5.97 Å². The molecule has 10 heteroatoms. The van der Waals surface area contributed by atoms with Gasteiger partial charge in [0, 0.05) is 33.0 Å². The molecule has 0 spiro atoms. The number of sulfonamides is 1. The molecule has 31 heavy (non-hydrogen) atoms. The van der Waals surface area contributed by atoms with Crippen molar-refractivity contribution in [3.8, 4) is 0 Å². The molecule has 0 saturated carbocycles. The first kappa shape index (κ1) is 23.2. The second-order valence-corrected chi connectivity index (χ2v) is 9.68. The highest BCUT2D eigenvalue weighted by Gasteiger charge is 2.26. The molecule has 1 aliphatic heterocycles. The Hall–Kier alpha value is -2.46. The van der Waals surface area contributed by atoms with E-state index in [1.807, 2.05) is 11.6 Å². The highest BCUT2D eigenvalue weighted by molar-refractivity contribution is 7.89. The van der Waals surface area contributed by atoms with Gasteiger partial charge in [-0.3, -0.25) is 4.79 Å². The van der Waals surface area contributed by atoms with Gasteiger partial charge in [-0.15, -0.1) is 0 Å². The average molecular weight is 451 g/mol. The average Bonchev–Trinajstić information content (AvgIpc) is 3.08. The van der Waals surface area contributed by atoms with Crippen LogP contribution in [0.2, 0.25) is 0 Å². The molecule has 1 aromatic heterocycles. The molecular formula is C21H30N4O5S. The van der Waals surface area contributed by atoms with Crippen LogP contribution in [-0.2, 0) is 37.8 Å². The van der Waals surface area contributed by atoms with Crippen molar-refractivity contribution in [2.75, 3.05) is 19.7 Å². The summed E-state index contributed by atoms with van der Waals surface area (Å²) < 4.78 is 34.2. The maximum atomic E-state index is 12.9. The summed E-state index contributed by atoms with van der Waals surface area (Å²) in [5.41, 5.74) is 1.38. The number of aryl methyl sites for hydroxylation is 2. The van der Waals surface area contributed by atoms with Gasteiger partial charge in [-0.05, 0) is 44.9 Å². The molecule has 0 aliphatic carbocycles. The number of aromatic nitrogens is 2. The quantitative estimate of drug-likeness (QED) is 0.614. The van der Waals surface area contributed by atoms with Gasteiger partial charge in [-0.2, -0.15) is 4.31 Å². The largest absolute Gasteiger partial charge is 0.464 e. The fraction of sp³-hybridized carbons (Fsp3) is 0.571. The number of carbonyl (C=O) groups excluding carboxylic acids is 2. The molecule has 1 atom stereocenters. The number of hydrogen-bond acceptors (Lipinski definition) is 6. The van der Waals surface area contributed by atoms with Crippen LogP contribution in [-0.4, -0.2) is 59.9 Å². The van der Waals surface area contributed by atoms with E-state index in [2.05, 4.69) is 10.3 Å². The highest BCUT2D eigenvalue weighted by atomic mass is 32.2. The van der Waals surface area contributed by atoms with E-state index in [0.717, 1.165) is 24.8 Å². The summed E-state index contributed by atoms with van der Waals surface area (Å²) in [5.74, 6) is -0.0801. The Balaban J connectivity index is 1.71. The van der Waals surface area contributed by atoms with Crippen LogP contribution in [0.3, 0.4) is 0 Å².